The van der Waals surface area contributed by atoms with Gasteiger partial charge >= 0.3 is 0 Å². The third-order valence-electron chi connectivity index (χ3n) is 4.46. The second-order valence-corrected chi connectivity index (χ2v) is 6.11. The predicted molar refractivity (Wildman–Crippen MR) is 104 cm³/mol. The van der Waals surface area contributed by atoms with Crippen molar-refractivity contribution >= 4 is 35.8 Å². The van der Waals surface area contributed by atoms with E-state index in [0.717, 1.165) is 0 Å². The van der Waals surface area contributed by atoms with Gasteiger partial charge in [0.05, 0.1) is 5.52 Å². The maximum absolute atomic E-state index is 15.0. The zero-order valence-electron chi connectivity index (χ0n) is 14.9. The maximum atomic E-state index is 15.0. The van der Waals surface area contributed by atoms with E-state index in [2.05, 4.69) is 25.4 Å². The van der Waals surface area contributed by atoms with Crippen molar-refractivity contribution in [3.63, 3.8) is 0 Å². The predicted octanol–water partition coefficient (Wildman–Crippen LogP) is 3.41. The summed E-state index contributed by atoms with van der Waals surface area (Å²) in [6.45, 7) is 3.21. The molecule has 0 unspecified atom stereocenters. The second kappa shape index (κ2) is 7.47. The summed E-state index contributed by atoms with van der Waals surface area (Å²) in [5.74, 6) is -1.91. The van der Waals surface area contributed by atoms with Crippen LogP contribution in [0.25, 0.3) is 16.6 Å². The third kappa shape index (κ3) is 3.05. The Bertz CT molecular complexity index is 1210. The fourth-order valence-corrected chi connectivity index (χ4v) is 3.01. The van der Waals surface area contributed by atoms with Gasteiger partial charge in [-0.3, -0.25) is 4.98 Å². The van der Waals surface area contributed by atoms with Gasteiger partial charge in [-0.25, -0.2) is 8.78 Å². The van der Waals surface area contributed by atoms with Crippen LogP contribution in [0, 0.1) is 11.6 Å². The summed E-state index contributed by atoms with van der Waals surface area (Å²) in [6.07, 6.45) is 1.48. The van der Waals surface area contributed by atoms with E-state index in [1.54, 1.807) is 38.1 Å². The molecule has 3 heterocycles. The van der Waals surface area contributed by atoms with Crippen LogP contribution in [0.4, 0.5) is 8.78 Å². The lowest BCUT2D eigenvalue weighted by atomic mass is 9.97. The van der Waals surface area contributed by atoms with Crippen molar-refractivity contribution in [1.29, 1.82) is 0 Å². The van der Waals surface area contributed by atoms with Crippen LogP contribution >= 0.6 is 13.5 Å². The number of hydrogen-bond donors (Lipinski definition) is 1. The quantitative estimate of drug-likeness (QED) is 0.322. The van der Waals surface area contributed by atoms with Crippen molar-refractivity contribution in [2.45, 2.75) is 19.8 Å². The summed E-state index contributed by atoms with van der Waals surface area (Å²) in [5, 5.41) is 24.7. The molecular formula is C18H16F2N6OS. The Kier molecular flexibility index (Phi) is 5.23. The number of pyridine rings is 1. The van der Waals surface area contributed by atoms with E-state index < -0.39 is 17.6 Å². The maximum Gasteiger partial charge on any atom is 0.177 e. The highest BCUT2D eigenvalue weighted by Crippen LogP contribution is 2.31. The monoisotopic (exact) mass is 402 g/mol. The van der Waals surface area contributed by atoms with E-state index in [9.17, 15) is 4.39 Å². The number of aromatic nitrogens is 5. The average Bonchev–Trinajstić information content (AvgIpc) is 3.10. The molecule has 0 bridgehead atoms. The number of rotatable bonds is 3. The van der Waals surface area contributed by atoms with E-state index in [0.29, 0.717) is 17.1 Å². The summed E-state index contributed by atoms with van der Waals surface area (Å²) in [6, 6.07) is 7.60. The van der Waals surface area contributed by atoms with Crippen LogP contribution < -0.4 is 0 Å². The first-order valence-corrected chi connectivity index (χ1v) is 8.15. The van der Waals surface area contributed by atoms with Gasteiger partial charge in [0.15, 0.2) is 11.5 Å². The minimum absolute atomic E-state index is 0. The third-order valence-corrected chi connectivity index (χ3v) is 4.46. The molecule has 0 radical (unpaired) electrons. The van der Waals surface area contributed by atoms with E-state index >= 15 is 4.39 Å². The van der Waals surface area contributed by atoms with Crippen molar-refractivity contribution in [3.8, 4) is 0 Å². The molecule has 0 aliphatic heterocycles. The Morgan fingerprint density at radius 1 is 1.21 bits per heavy atom. The molecular weight excluding hydrogens is 386 g/mol. The lowest BCUT2D eigenvalue weighted by Crippen LogP contribution is -2.11. The van der Waals surface area contributed by atoms with Gasteiger partial charge in [0.1, 0.15) is 23.0 Å². The number of hydrogen-bond acceptors (Lipinski definition) is 6. The fourth-order valence-electron chi connectivity index (χ4n) is 3.01. The van der Waals surface area contributed by atoms with Gasteiger partial charge in [-0.15, -0.1) is 10.2 Å². The summed E-state index contributed by atoms with van der Waals surface area (Å²) < 4.78 is 31.1. The molecule has 3 aromatic heterocycles. The molecule has 0 spiro atoms. The largest absolute Gasteiger partial charge is 0.411 e. The van der Waals surface area contributed by atoms with Crippen molar-refractivity contribution in [1.82, 2.24) is 24.8 Å². The SMILES string of the molecule is C/C(=N\O)c1ccc2nnc([C@@H](C)c3c(F)cc4ncccc4c3F)n2n1.S. The minimum Gasteiger partial charge on any atom is -0.411 e. The highest BCUT2D eigenvalue weighted by atomic mass is 32.1. The Morgan fingerprint density at radius 3 is 2.75 bits per heavy atom. The Morgan fingerprint density at radius 2 is 2.00 bits per heavy atom. The number of benzene rings is 1. The smallest absolute Gasteiger partial charge is 0.177 e. The highest BCUT2D eigenvalue weighted by Gasteiger charge is 2.25. The van der Waals surface area contributed by atoms with Crippen molar-refractivity contribution in [2.24, 2.45) is 5.16 Å². The van der Waals surface area contributed by atoms with Gasteiger partial charge in [-0.2, -0.15) is 23.1 Å². The Balaban J connectivity index is 0.00000225. The number of oxime groups is 1. The summed E-state index contributed by atoms with van der Waals surface area (Å²) in [7, 11) is 0. The van der Waals surface area contributed by atoms with Crippen LogP contribution in [0.1, 0.15) is 36.8 Å². The molecule has 1 aromatic carbocycles. The molecule has 0 fully saturated rings. The molecule has 0 saturated carbocycles. The van der Waals surface area contributed by atoms with E-state index in [-0.39, 0.29) is 35.8 Å². The van der Waals surface area contributed by atoms with Crippen LogP contribution in [-0.4, -0.2) is 35.7 Å². The molecule has 0 amide bonds. The van der Waals surface area contributed by atoms with Crippen LogP contribution in [0.5, 0.6) is 0 Å². The van der Waals surface area contributed by atoms with E-state index in [1.165, 1.54) is 16.8 Å². The molecule has 28 heavy (non-hydrogen) atoms. The summed E-state index contributed by atoms with van der Waals surface area (Å²) in [4.78, 5) is 3.99. The summed E-state index contributed by atoms with van der Waals surface area (Å²) >= 11 is 0. The average molecular weight is 402 g/mol. The van der Waals surface area contributed by atoms with Crippen LogP contribution in [0.2, 0.25) is 0 Å². The molecule has 7 nitrogen and oxygen atoms in total. The van der Waals surface area contributed by atoms with Gasteiger partial charge in [0.25, 0.3) is 0 Å². The molecule has 0 aliphatic rings. The molecule has 4 rings (SSSR count). The van der Waals surface area contributed by atoms with E-state index in [1.807, 2.05) is 0 Å². The molecule has 144 valence electrons. The second-order valence-electron chi connectivity index (χ2n) is 6.11. The lowest BCUT2D eigenvalue weighted by Gasteiger charge is -2.14. The minimum atomic E-state index is -0.765. The van der Waals surface area contributed by atoms with Gasteiger partial charge in [0.2, 0.25) is 0 Å². The molecule has 0 aliphatic carbocycles. The van der Waals surface area contributed by atoms with Crippen LogP contribution in [-0.2, 0) is 0 Å². The first-order chi connectivity index (χ1) is 13.0. The Hall–Kier alpha value is -3.14. The standard InChI is InChI=1S/C18H14F2N6O.H2S/c1-9(16-12(19)8-14-11(17(16)20)4-3-7-21-14)18-23-22-15-6-5-13(10(2)25-27)24-26(15)18;/h3-9,27H,1-2H3;1H2/b25-10+;/t9-;/m0./s1. The molecule has 4 aromatic rings. The normalized spacial score (nSPS) is 12.9. The van der Waals surface area contributed by atoms with Gasteiger partial charge in [-0.05, 0) is 31.2 Å². The molecule has 10 heteroatoms. The zero-order valence-corrected chi connectivity index (χ0v) is 15.9. The van der Waals surface area contributed by atoms with Crippen molar-refractivity contribution in [2.75, 3.05) is 0 Å². The first kappa shape index (κ1) is 19.6. The van der Waals surface area contributed by atoms with Crippen molar-refractivity contribution in [3.05, 3.63) is 65.2 Å². The number of fused-ring (bicyclic) bond motifs is 2. The molecule has 0 saturated heterocycles. The lowest BCUT2D eigenvalue weighted by molar-refractivity contribution is 0.319. The van der Waals surface area contributed by atoms with Crippen LogP contribution in [0.15, 0.2) is 41.7 Å². The zero-order chi connectivity index (χ0) is 19.1. The topological polar surface area (TPSA) is 88.6 Å². The highest BCUT2D eigenvalue weighted by molar-refractivity contribution is 7.59. The number of halogens is 2. The van der Waals surface area contributed by atoms with Gasteiger partial charge < -0.3 is 5.21 Å². The van der Waals surface area contributed by atoms with Gasteiger partial charge in [-0.1, -0.05) is 12.1 Å². The van der Waals surface area contributed by atoms with Gasteiger partial charge in [0, 0.05) is 29.1 Å². The first-order valence-electron chi connectivity index (χ1n) is 8.15. The van der Waals surface area contributed by atoms with E-state index in [4.69, 9.17) is 5.21 Å². The Labute approximate surface area is 165 Å². The molecule has 1 N–H and O–H groups in total. The number of nitrogens with zero attached hydrogens (tertiary/aromatic N) is 6. The summed E-state index contributed by atoms with van der Waals surface area (Å²) in [5.41, 5.74) is 1.20. The fraction of sp³-hybridized carbons (Fsp3) is 0.167. The van der Waals surface area contributed by atoms with Crippen LogP contribution in [0.3, 0.4) is 0 Å². The van der Waals surface area contributed by atoms with Crippen molar-refractivity contribution < 1.29 is 14.0 Å². The molecule has 1 atom stereocenters.